The predicted molar refractivity (Wildman–Crippen MR) is 118 cm³/mol. The van der Waals surface area contributed by atoms with E-state index in [1.165, 1.54) is 5.56 Å². The highest BCUT2D eigenvalue weighted by atomic mass is 16.5. The molecule has 0 aliphatic carbocycles. The molecule has 0 radical (unpaired) electrons. The zero-order valence-electron chi connectivity index (χ0n) is 17.5. The molecule has 29 heavy (non-hydrogen) atoms. The number of nitrogens with one attached hydrogen (secondary N) is 2. The second-order valence-electron chi connectivity index (χ2n) is 7.02. The van der Waals surface area contributed by atoms with Gasteiger partial charge in [-0.3, -0.25) is 0 Å². The van der Waals surface area contributed by atoms with Crippen LogP contribution in [0.15, 0.2) is 42.7 Å². The van der Waals surface area contributed by atoms with E-state index in [0.29, 0.717) is 18.1 Å². The van der Waals surface area contributed by atoms with Crippen molar-refractivity contribution in [1.29, 1.82) is 0 Å². The monoisotopic (exact) mass is 395 g/mol. The molecule has 2 aromatic carbocycles. The van der Waals surface area contributed by atoms with Crippen molar-refractivity contribution in [3.8, 4) is 11.5 Å². The van der Waals surface area contributed by atoms with Gasteiger partial charge in [0.15, 0.2) is 11.5 Å². The van der Waals surface area contributed by atoms with Gasteiger partial charge in [-0.15, -0.1) is 0 Å². The third kappa shape index (κ3) is 5.48. The average molecular weight is 396 g/mol. The lowest BCUT2D eigenvalue weighted by molar-refractivity contribution is 0.251. The van der Waals surface area contributed by atoms with Gasteiger partial charge in [0.2, 0.25) is 0 Å². The van der Waals surface area contributed by atoms with E-state index in [4.69, 9.17) is 9.47 Å². The van der Waals surface area contributed by atoms with Gasteiger partial charge < -0.3 is 25.0 Å². The maximum atomic E-state index is 5.89. The summed E-state index contributed by atoms with van der Waals surface area (Å²) in [6, 6.07) is 12.3. The molecule has 0 atom stereocenters. The molecular weight excluding hydrogens is 366 g/mol. The van der Waals surface area contributed by atoms with Crippen molar-refractivity contribution < 1.29 is 9.47 Å². The minimum absolute atomic E-state index is 0.581. The SMILES string of the molecule is CNc1ccc(CCNc2ncnc3cc(OCCN(C)C)c(OC)cc23)cc1. The number of anilines is 2. The first-order valence-corrected chi connectivity index (χ1v) is 9.71. The fourth-order valence-electron chi connectivity index (χ4n) is 2.98. The summed E-state index contributed by atoms with van der Waals surface area (Å²) in [6.45, 7) is 2.18. The molecule has 3 rings (SSSR count). The van der Waals surface area contributed by atoms with Gasteiger partial charge in [0, 0.05) is 37.3 Å². The van der Waals surface area contributed by atoms with Crippen LogP contribution in [0, 0.1) is 0 Å². The van der Waals surface area contributed by atoms with Crippen LogP contribution in [0.2, 0.25) is 0 Å². The molecule has 0 bridgehead atoms. The molecule has 1 aromatic heterocycles. The summed E-state index contributed by atoms with van der Waals surface area (Å²) in [5, 5.41) is 7.47. The molecule has 7 nitrogen and oxygen atoms in total. The normalized spacial score (nSPS) is 10.9. The largest absolute Gasteiger partial charge is 0.493 e. The van der Waals surface area contributed by atoms with Crippen molar-refractivity contribution in [2.24, 2.45) is 0 Å². The topological polar surface area (TPSA) is 71.5 Å². The number of aromatic nitrogens is 2. The Hall–Kier alpha value is -3.06. The van der Waals surface area contributed by atoms with Crippen LogP contribution in [-0.4, -0.2) is 62.8 Å². The molecule has 0 saturated heterocycles. The molecule has 7 heteroatoms. The quantitative estimate of drug-likeness (QED) is 0.546. The standard InChI is InChI=1S/C22H29N5O2/c1-23-17-7-5-16(6-8-17)9-10-24-22-18-13-20(28-4)21(29-12-11-27(2)3)14-19(18)25-15-26-22/h5-8,13-15,23H,9-12H2,1-4H3,(H,24,25,26). The Morgan fingerprint density at radius 2 is 1.83 bits per heavy atom. The number of nitrogens with zero attached hydrogens (tertiary/aromatic N) is 3. The van der Waals surface area contributed by atoms with Crippen molar-refractivity contribution in [2.45, 2.75) is 6.42 Å². The third-order valence-electron chi connectivity index (χ3n) is 4.67. The lowest BCUT2D eigenvalue weighted by Gasteiger charge is -2.15. The average Bonchev–Trinajstić information content (AvgIpc) is 2.73. The van der Waals surface area contributed by atoms with Gasteiger partial charge in [0.25, 0.3) is 0 Å². The summed E-state index contributed by atoms with van der Waals surface area (Å²) < 4.78 is 11.4. The Morgan fingerprint density at radius 3 is 2.52 bits per heavy atom. The van der Waals surface area contributed by atoms with Gasteiger partial charge >= 0.3 is 0 Å². The maximum absolute atomic E-state index is 5.89. The number of rotatable bonds is 10. The first-order chi connectivity index (χ1) is 14.1. The van der Waals surface area contributed by atoms with E-state index in [-0.39, 0.29) is 0 Å². The molecule has 0 aliphatic heterocycles. The van der Waals surface area contributed by atoms with E-state index in [9.17, 15) is 0 Å². The summed E-state index contributed by atoms with van der Waals surface area (Å²) in [5.74, 6) is 2.16. The number of hydrogen-bond acceptors (Lipinski definition) is 7. The Morgan fingerprint density at radius 1 is 1.03 bits per heavy atom. The van der Waals surface area contributed by atoms with E-state index in [2.05, 4.69) is 49.8 Å². The van der Waals surface area contributed by atoms with Crippen LogP contribution in [0.1, 0.15) is 5.56 Å². The van der Waals surface area contributed by atoms with Gasteiger partial charge in [-0.05, 0) is 44.3 Å². The van der Waals surface area contributed by atoms with Crippen molar-refractivity contribution in [1.82, 2.24) is 14.9 Å². The van der Waals surface area contributed by atoms with Gasteiger partial charge in [-0.25, -0.2) is 9.97 Å². The van der Waals surface area contributed by atoms with Gasteiger partial charge in [-0.2, -0.15) is 0 Å². The van der Waals surface area contributed by atoms with E-state index in [1.807, 2.05) is 33.3 Å². The smallest absolute Gasteiger partial charge is 0.163 e. The van der Waals surface area contributed by atoms with Gasteiger partial charge in [-0.1, -0.05) is 12.1 Å². The summed E-state index contributed by atoms with van der Waals surface area (Å²) in [4.78, 5) is 10.9. The van der Waals surface area contributed by atoms with Gasteiger partial charge in [0.1, 0.15) is 18.8 Å². The molecule has 0 saturated carbocycles. The lowest BCUT2D eigenvalue weighted by Crippen LogP contribution is -2.19. The number of methoxy groups -OCH3 is 1. The molecule has 0 fully saturated rings. The first kappa shape index (κ1) is 20.7. The Labute approximate surface area is 172 Å². The van der Waals surface area contributed by atoms with E-state index >= 15 is 0 Å². The number of likely N-dealkylation sites (N-methyl/N-ethyl adjacent to an activating group) is 1. The summed E-state index contributed by atoms with van der Waals surface area (Å²) in [7, 11) is 7.60. The highest BCUT2D eigenvalue weighted by Gasteiger charge is 2.11. The molecule has 2 N–H and O–H groups in total. The summed E-state index contributed by atoms with van der Waals surface area (Å²) in [6.07, 6.45) is 2.47. The van der Waals surface area contributed by atoms with Crippen molar-refractivity contribution in [2.75, 3.05) is 58.6 Å². The molecule has 0 unspecified atom stereocenters. The van der Waals surface area contributed by atoms with Crippen molar-refractivity contribution in [3.05, 3.63) is 48.3 Å². The number of ether oxygens (including phenoxy) is 2. The molecule has 3 aromatic rings. The minimum Gasteiger partial charge on any atom is -0.493 e. The third-order valence-corrected chi connectivity index (χ3v) is 4.67. The van der Waals surface area contributed by atoms with Crippen LogP contribution >= 0.6 is 0 Å². The highest BCUT2D eigenvalue weighted by Crippen LogP contribution is 2.33. The van der Waals surface area contributed by atoms with Crippen molar-refractivity contribution in [3.63, 3.8) is 0 Å². The Kier molecular flexibility index (Phi) is 7.08. The van der Waals surface area contributed by atoms with E-state index < -0.39 is 0 Å². The predicted octanol–water partition coefficient (Wildman–Crippen LogP) is 3.28. The zero-order valence-corrected chi connectivity index (χ0v) is 17.5. The Balaban J connectivity index is 1.72. The number of hydrogen-bond donors (Lipinski definition) is 2. The van der Waals surface area contributed by atoms with Gasteiger partial charge in [0.05, 0.1) is 12.6 Å². The van der Waals surface area contributed by atoms with Crippen LogP contribution in [0.5, 0.6) is 11.5 Å². The molecule has 0 aliphatic rings. The molecule has 0 amide bonds. The van der Waals surface area contributed by atoms with E-state index in [1.54, 1.807) is 13.4 Å². The van der Waals surface area contributed by atoms with Crippen LogP contribution < -0.4 is 20.1 Å². The zero-order chi connectivity index (χ0) is 20.6. The van der Waals surface area contributed by atoms with Crippen LogP contribution in [0.4, 0.5) is 11.5 Å². The van der Waals surface area contributed by atoms with Crippen LogP contribution in [-0.2, 0) is 6.42 Å². The molecule has 0 spiro atoms. The summed E-state index contributed by atoms with van der Waals surface area (Å²) >= 11 is 0. The second kappa shape index (κ2) is 9.93. The maximum Gasteiger partial charge on any atom is 0.163 e. The lowest BCUT2D eigenvalue weighted by atomic mass is 10.1. The fraction of sp³-hybridized carbons (Fsp3) is 0.364. The number of benzene rings is 2. The van der Waals surface area contributed by atoms with Crippen LogP contribution in [0.3, 0.4) is 0 Å². The molecular formula is C22H29N5O2. The molecule has 154 valence electrons. The molecule has 1 heterocycles. The summed E-state index contributed by atoms with van der Waals surface area (Å²) in [5.41, 5.74) is 3.20. The van der Waals surface area contributed by atoms with Crippen molar-refractivity contribution >= 4 is 22.4 Å². The van der Waals surface area contributed by atoms with E-state index in [0.717, 1.165) is 41.9 Å². The van der Waals surface area contributed by atoms with Crippen LogP contribution in [0.25, 0.3) is 10.9 Å². The second-order valence-corrected chi connectivity index (χ2v) is 7.02. The minimum atomic E-state index is 0.581. The number of fused-ring (bicyclic) bond motifs is 1. The first-order valence-electron chi connectivity index (χ1n) is 9.71. The Bertz CT molecular complexity index is 928. The highest BCUT2D eigenvalue weighted by molar-refractivity contribution is 5.91. The fourth-order valence-corrected chi connectivity index (χ4v) is 2.98.